The molecule has 0 saturated carbocycles. The van der Waals surface area contributed by atoms with Gasteiger partial charge in [0.05, 0.1) is 12.3 Å². The van der Waals surface area contributed by atoms with Crippen LogP contribution < -0.4 is 5.32 Å². The number of benzene rings is 1. The van der Waals surface area contributed by atoms with E-state index < -0.39 is 0 Å². The summed E-state index contributed by atoms with van der Waals surface area (Å²) in [4.78, 5) is 4.28. The van der Waals surface area contributed by atoms with E-state index >= 15 is 0 Å². The van der Waals surface area contributed by atoms with Gasteiger partial charge >= 0.3 is 0 Å². The highest BCUT2D eigenvalue weighted by molar-refractivity contribution is 5.23. The molecule has 1 atom stereocenters. The van der Waals surface area contributed by atoms with Gasteiger partial charge in [0.2, 0.25) is 0 Å². The van der Waals surface area contributed by atoms with Gasteiger partial charge in [-0.1, -0.05) is 29.8 Å². The Balaban J connectivity index is 1.94. The van der Waals surface area contributed by atoms with E-state index in [4.69, 9.17) is 0 Å². The number of nitrogens with one attached hydrogen (secondary N) is 1. The molecule has 108 valence electrons. The normalized spacial score (nSPS) is 12.6. The summed E-state index contributed by atoms with van der Waals surface area (Å²) in [5.41, 5.74) is 3.63. The molecule has 1 heterocycles. The van der Waals surface area contributed by atoms with Crippen LogP contribution in [-0.4, -0.2) is 27.3 Å². The first-order valence-electron chi connectivity index (χ1n) is 6.97. The molecule has 0 aliphatic rings. The molecule has 0 aliphatic carbocycles. The molecule has 0 saturated heterocycles. The maximum atomic E-state index is 9.52. The van der Waals surface area contributed by atoms with Crippen molar-refractivity contribution in [2.45, 2.75) is 32.9 Å². The van der Waals surface area contributed by atoms with Gasteiger partial charge in [0.15, 0.2) is 0 Å². The van der Waals surface area contributed by atoms with Crippen LogP contribution in [0.3, 0.4) is 0 Å². The summed E-state index contributed by atoms with van der Waals surface area (Å²) < 4.78 is 2.06. The maximum absolute atomic E-state index is 9.52. The second-order valence-corrected chi connectivity index (χ2v) is 5.31. The quantitative estimate of drug-likeness (QED) is 0.843. The summed E-state index contributed by atoms with van der Waals surface area (Å²) in [6, 6.07) is 8.48. The third kappa shape index (κ3) is 3.68. The van der Waals surface area contributed by atoms with E-state index in [0.29, 0.717) is 6.54 Å². The molecule has 2 aromatic rings. The summed E-state index contributed by atoms with van der Waals surface area (Å²) in [6.07, 6.45) is 2.71. The molecular formula is C16H23N3O. The van der Waals surface area contributed by atoms with Crippen LogP contribution in [-0.2, 0) is 20.0 Å². The van der Waals surface area contributed by atoms with Crippen LogP contribution >= 0.6 is 0 Å². The van der Waals surface area contributed by atoms with Gasteiger partial charge in [-0.05, 0) is 25.8 Å². The fraction of sp³-hybridized carbons (Fsp3) is 0.438. The summed E-state index contributed by atoms with van der Waals surface area (Å²) >= 11 is 0. The number of aromatic nitrogens is 2. The highest BCUT2D eigenvalue weighted by atomic mass is 16.3. The number of aliphatic hydroxyl groups is 1. The van der Waals surface area contributed by atoms with Crippen molar-refractivity contribution in [1.82, 2.24) is 14.9 Å². The number of nitrogens with zero attached hydrogens (tertiary/aromatic N) is 2. The average Bonchev–Trinajstić information content (AvgIpc) is 2.75. The standard InChI is InChI=1S/C16H23N3O/c1-12-5-4-6-14(7-12)8-15(11-20)18-10-16-9-17-13(2)19(16)3/h4-7,9,15,18,20H,8,10-11H2,1-3H3. The molecule has 1 aromatic heterocycles. The van der Waals surface area contributed by atoms with Gasteiger partial charge in [0.25, 0.3) is 0 Å². The Morgan fingerprint density at radius 3 is 2.75 bits per heavy atom. The summed E-state index contributed by atoms with van der Waals surface area (Å²) in [6.45, 7) is 4.92. The summed E-state index contributed by atoms with van der Waals surface area (Å²) in [5, 5.41) is 12.9. The van der Waals surface area contributed by atoms with Crippen molar-refractivity contribution in [2.75, 3.05) is 6.61 Å². The number of aryl methyl sites for hydroxylation is 2. The minimum atomic E-state index is 0.0620. The van der Waals surface area contributed by atoms with Crippen LogP contribution in [0.1, 0.15) is 22.6 Å². The molecule has 0 fully saturated rings. The van der Waals surface area contributed by atoms with E-state index in [0.717, 1.165) is 17.9 Å². The molecular weight excluding hydrogens is 250 g/mol. The Bertz CT molecular complexity index is 563. The van der Waals surface area contributed by atoms with Crippen LogP contribution in [0, 0.1) is 13.8 Å². The lowest BCUT2D eigenvalue weighted by atomic mass is 10.0. The monoisotopic (exact) mass is 273 g/mol. The molecule has 0 amide bonds. The van der Waals surface area contributed by atoms with Crippen molar-refractivity contribution in [3.63, 3.8) is 0 Å². The lowest BCUT2D eigenvalue weighted by Gasteiger charge is -2.17. The fourth-order valence-corrected chi connectivity index (χ4v) is 2.29. The summed E-state index contributed by atoms with van der Waals surface area (Å²) in [5.74, 6) is 1.00. The minimum absolute atomic E-state index is 0.0620. The molecule has 1 unspecified atom stereocenters. The first kappa shape index (κ1) is 14.8. The van der Waals surface area contributed by atoms with Crippen LogP contribution in [0.5, 0.6) is 0 Å². The number of rotatable bonds is 6. The predicted octanol–water partition coefficient (Wildman–Crippen LogP) is 1.73. The van der Waals surface area contributed by atoms with Gasteiger partial charge in [0.1, 0.15) is 5.82 Å². The zero-order chi connectivity index (χ0) is 14.5. The molecule has 1 aromatic carbocycles. The first-order valence-corrected chi connectivity index (χ1v) is 6.97. The van der Waals surface area contributed by atoms with Crippen LogP contribution in [0.2, 0.25) is 0 Å². The maximum Gasteiger partial charge on any atom is 0.105 e. The lowest BCUT2D eigenvalue weighted by Crippen LogP contribution is -2.34. The largest absolute Gasteiger partial charge is 0.395 e. The number of imidazole rings is 1. The van der Waals surface area contributed by atoms with E-state index in [1.54, 1.807) is 0 Å². The lowest BCUT2D eigenvalue weighted by molar-refractivity contribution is 0.240. The third-order valence-electron chi connectivity index (χ3n) is 3.67. The Labute approximate surface area is 120 Å². The number of aliphatic hydroxyl groups excluding tert-OH is 1. The molecule has 0 spiro atoms. The third-order valence-corrected chi connectivity index (χ3v) is 3.67. The van der Waals surface area contributed by atoms with Crippen molar-refractivity contribution < 1.29 is 5.11 Å². The van der Waals surface area contributed by atoms with E-state index in [1.807, 2.05) is 20.2 Å². The molecule has 4 heteroatoms. The predicted molar refractivity (Wildman–Crippen MR) is 80.5 cm³/mol. The molecule has 0 aliphatic heterocycles. The van der Waals surface area contributed by atoms with Gasteiger partial charge < -0.3 is 15.0 Å². The van der Waals surface area contributed by atoms with Crippen LogP contribution in [0.15, 0.2) is 30.5 Å². The Morgan fingerprint density at radius 1 is 1.35 bits per heavy atom. The first-order chi connectivity index (χ1) is 9.60. The average molecular weight is 273 g/mol. The second-order valence-electron chi connectivity index (χ2n) is 5.31. The summed E-state index contributed by atoms with van der Waals surface area (Å²) in [7, 11) is 2.01. The number of hydrogen-bond acceptors (Lipinski definition) is 3. The minimum Gasteiger partial charge on any atom is -0.395 e. The van der Waals surface area contributed by atoms with E-state index in [-0.39, 0.29) is 12.6 Å². The topological polar surface area (TPSA) is 50.1 Å². The highest BCUT2D eigenvalue weighted by Crippen LogP contribution is 2.08. The van der Waals surface area contributed by atoms with Crippen LogP contribution in [0.25, 0.3) is 0 Å². The highest BCUT2D eigenvalue weighted by Gasteiger charge is 2.10. The molecule has 2 rings (SSSR count). The van der Waals surface area contributed by atoms with Crippen molar-refractivity contribution in [3.05, 3.63) is 53.1 Å². The Morgan fingerprint density at radius 2 is 2.15 bits per heavy atom. The molecule has 4 nitrogen and oxygen atoms in total. The molecule has 2 N–H and O–H groups in total. The Kier molecular flexibility index (Phi) is 4.93. The number of hydrogen-bond donors (Lipinski definition) is 2. The van der Waals surface area contributed by atoms with Crippen LogP contribution in [0.4, 0.5) is 0 Å². The smallest absolute Gasteiger partial charge is 0.105 e. The fourth-order valence-electron chi connectivity index (χ4n) is 2.29. The van der Waals surface area contributed by atoms with Crippen molar-refractivity contribution in [2.24, 2.45) is 7.05 Å². The molecule has 0 bridgehead atoms. The van der Waals surface area contributed by atoms with Gasteiger partial charge in [-0.25, -0.2) is 4.98 Å². The van der Waals surface area contributed by atoms with Crippen molar-refractivity contribution in [3.8, 4) is 0 Å². The Hall–Kier alpha value is -1.65. The van der Waals surface area contributed by atoms with Gasteiger partial charge in [-0.15, -0.1) is 0 Å². The second kappa shape index (κ2) is 6.68. The molecule has 0 radical (unpaired) electrons. The van der Waals surface area contributed by atoms with E-state index in [9.17, 15) is 5.11 Å². The molecule has 20 heavy (non-hydrogen) atoms. The van der Waals surface area contributed by atoms with Crippen molar-refractivity contribution >= 4 is 0 Å². The van der Waals surface area contributed by atoms with E-state index in [2.05, 4.69) is 46.1 Å². The van der Waals surface area contributed by atoms with Gasteiger partial charge in [-0.2, -0.15) is 0 Å². The zero-order valence-electron chi connectivity index (χ0n) is 12.4. The van der Waals surface area contributed by atoms with Crippen molar-refractivity contribution in [1.29, 1.82) is 0 Å². The zero-order valence-corrected chi connectivity index (χ0v) is 12.4. The van der Waals surface area contributed by atoms with Gasteiger partial charge in [0, 0.05) is 25.8 Å². The van der Waals surface area contributed by atoms with E-state index in [1.165, 1.54) is 11.1 Å². The van der Waals surface area contributed by atoms with Gasteiger partial charge in [-0.3, -0.25) is 0 Å². The SMILES string of the molecule is Cc1cccc(CC(CO)NCc2cnc(C)n2C)c1.